The Morgan fingerprint density at radius 2 is 2.23 bits per heavy atom. The molecule has 1 heterocycles. The van der Waals surface area contributed by atoms with Gasteiger partial charge in [0.1, 0.15) is 5.15 Å². The van der Waals surface area contributed by atoms with E-state index in [0.717, 1.165) is 0 Å². The van der Waals surface area contributed by atoms with Crippen LogP contribution in [0, 0.1) is 3.57 Å². The van der Waals surface area contributed by atoms with E-state index < -0.39 is 6.43 Å². The summed E-state index contributed by atoms with van der Waals surface area (Å²) in [4.78, 5) is 3.77. The summed E-state index contributed by atoms with van der Waals surface area (Å²) in [6, 6.07) is 1.31. The Morgan fingerprint density at radius 1 is 1.62 bits per heavy atom. The Hall–Kier alpha value is -0.0100. The van der Waals surface area contributed by atoms with Gasteiger partial charge in [-0.15, -0.1) is 0 Å². The van der Waals surface area contributed by atoms with Crippen LogP contribution in [0.3, 0.4) is 0 Å². The molecule has 72 valence electrons. The van der Waals surface area contributed by atoms with Crippen molar-refractivity contribution in [3.8, 4) is 0 Å². The van der Waals surface area contributed by atoms with Crippen LogP contribution in [0.4, 0.5) is 8.78 Å². The van der Waals surface area contributed by atoms with Crippen molar-refractivity contribution >= 4 is 34.2 Å². The summed E-state index contributed by atoms with van der Waals surface area (Å²) >= 11 is 7.50. The summed E-state index contributed by atoms with van der Waals surface area (Å²) < 4.78 is 25.3. The van der Waals surface area contributed by atoms with Crippen molar-refractivity contribution < 1.29 is 8.78 Å². The first-order valence-electron chi connectivity index (χ1n) is 3.39. The zero-order valence-electron chi connectivity index (χ0n) is 6.40. The maximum atomic E-state index is 12.4. The lowest BCUT2D eigenvalue weighted by Crippen LogP contribution is -2.06. The predicted molar refractivity (Wildman–Crippen MR) is 54.8 cm³/mol. The number of pyridine rings is 1. The van der Waals surface area contributed by atoms with Gasteiger partial charge < -0.3 is 5.73 Å². The predicted octanol–water partition coefficient (Wildman–Crippen LogP) is 2.74. The van der Waals surface area contributed by atoms with Gasteiger partial charge in [0, 0.05) is 12.1 Å². The molecule has 0 aliphatic rings. The topological polar surface area (TPSA) is 38.9 Å². The van der Waals surface area contributed by atoms with Gasteiger partial charge in [0.2, 0.25) is 0 Å². The molecule has 0 aromatic carbocycles. The van der Waals surface area contributed by atoms with Crippen molar-refractivity contribution in [2.45, 2.75) is 13.0 Å². The molecule has 0 aliphatic heterocycles. The molecule has 13 heavy (non-hydrogen) atoms. The van der Waals surface area contributed by atoms with Crippen molar-refractivity contribution in [1.82, 2.24) is 4.98 Å². The number of rotatable bonds is 2. The third-order valence-electron chi connectivity index (χ3n) is 1.47. The Morgan fingerprint density at radius 3 is 2.69 bits per heavy atom. The quantitative estimate of drug-likeness (QED) is 0.673. The van der Waals surface area contributed by atoms with Crippen LogP contribution in [-0.2, 0) is 6.54 Å². The average molecular weight is 318 g/mol. The molecular formula is C7H6ClF2IN2. The highest BCUT2D eigenvalue weighted by Crippen LogP contribution is 2.26. The molecule has 1 aromatic heterocycles. The van der Waals surface area contributed by atoms with Crippen molar-refractivity contribution in [3.05, 3.63) is 26.0 Å². The normalized spacial score (nSPS) is 10.9. The van der Waals surface area contributed by atoms with Gasteiger partial charge >= 0.3 is 0 Å². The summed E-state index contributed by atoms with van der Waals surface area (Å²) in [5.41, 5.74) is 5.26. The average Bonchev–Trinajstić information content (AvgIpc) is 2.08. The molecular weight excluding hydrogens is 312 g/mol. The molecule has 0 saturated carbocycles. The lowest BCUT2D eigenvalue weighted by atomic mass is 10.2. The Bertz CT molecular complexity index is 320. The lowest BCUT2D eigenvalue weighted by Gasteiger charge is -2.07. The van der Waals surface area contributed by atoms with E-state index in [1.54, 1.807) is 0 Å². The lowest BCUT2D eigenvalue weighted by molar-refractivity contribution is 0.149. The number of alkyl halides is 2. The molecule has 2 N–H and O–H groups in total. The molecule has 1 rings (SSSR count). The molecule has 0 atom stereocenters. The second kappa shape index (κ2) is 4.47. The van der Waals surface area contributed by atoms with E-state index in [9.17, 15) is 8.78 Å². The van der Waals surface area contributed by atoms with E-state index in [1.807, 2.05) is 22.6 Å². The van der Waals surface area contributed by atoms with Crippen LogP contribution in [0.1, 0.15) is 17.7 Å². The summed E-state index contributed by atoms with van der Waals surface area (Å²) in [5, 5.41) is 0.213. The maximum Gasteiger partial charge on any atom is 0.265 e. The van der Waals surface area contributed by atoms with E-state index in [0.29, 0.717) is 3.57 Å². The minimum atomic E-state index is -2.56. The van der Waals surface area contributed by atoms with E-state index in [-0.39, 0.29) is 23.0 Å². The summed E-state index contributed by atoms with van der Waals surface area (Å²) in [7, 11) is 0. The molecule has 2 nitrogen and oxygen atoms in total. The fourth-order valence-electron chi connectivity index (χ4n) is 0.868. The van der Waals surface area contributed by atoms with Crippen LogP contribution in [0.5, 0.6) is 0 Å². The van der Waals surface area contributed by atoms with E-state index in [4.69, 9.17) is 17.3 Å². The zero-order chi connectivity index (χ0) is 10.0. The number of hydrogen-bond donors (Lipinski definition) is 1. The van der Waals surface area contributed by atoms with Gasteiger partial charge in [0.25, 0.3) is 6.43 Å². The summed E-state index contributed by atoms with van der Waals surface area (Å²) in [5.74, 6) is 0. The van der Waals surface area contributed by atoms with Gasteiger partial charge in [-0.2, -0.15) is 0 Å². The molecule has 0 saturated heterocycles. The van der Waals surface area contributed by atoms with E-state index in [1.165, 1.54) is 6.07 Å². The highest BCUT2D eigenvalue weighted by Gasteiger charge is 2.15. The molecule has 0 radical (unpaired) electrons. The van der Waals surface area contributed by atoms with Crippen LogP contribution in [0.15, 0.2) is 6.07 Å². The highest BCUT2D eigenvalue weighted by atomic mass is 127. The molecule has 0 amide bonds. The fourth-order valence-corrected chi connectivity index (χ4v) is 1.48. The first kappa shape index (κ1) is 11.1. The van der Waals surface area contributed by atoms with Crippen LogP contribution in [0.25, 0.3) is 0 Å². The summed E-state index contributed by atoms with van der Waals surface area (Å²) in [6.45, 7) is -0.0314. The largest absolute Gasteiger partial charge is 0.325 e. The molecule has 0 fully saturated rings. The Kier molecular flexibility index (Phi) is 3.81. The fraction of sp³-hybridized carbons (Fsp3) is 0.286. The number of halogens is 4. The second-order valence-electron chi connectivity index (χ2n) is 2.30. The number of hydrogen-bond acceptors (Lipinski definition) is 2. The van der Waals surface area contributed by atoms with E-state index in [2.05, 4.69) is 4.98 Å². The minimum absolute atomic E-state index is 0.0314. The van der Waals surface area contributed by atoms with Crippen LogP contribution in [-0.4, -0.2) is 4.98 Å². The molecule has 0 spiro atoms. The standard InChI is InChI=1S/C7H6ClF2IN2/c8-6-4(11)1-3(7(9)10)5(2-12)13-6/h1,7H,2,12H2. The maximum absolute atomic E-state index is 12.4. The van der Waals surface area contributed by atoms with Crippen LogP contribution < -0.4 is 5.73 Å². The van der Waals surface area contributed by atoms with Crippen LogP contribution in [0.2, 0.25) is 5.15 Å². The second-order valence-corrected chi connectivity index (χ2v) is 3.82. The van der Waals surface area contributed by atoms with Crippen molar-refractivity contribution in [3.63, 3.8) is 0 Å². The Balaban J connectivity index is 3.25. The van der Waals surface area contributed by atoms with Crippen molar-refractivity contribution in [1.29, 1.82) is 0 Å². The first-order valence-corrected chi connectivity index (χ1v) is 4.85. The number of aromatic nitrogens is 1. The van der Waals surface area contributed by atoms with E-state index >= 15 is 0 Å². The SMILES string of the molecule is NCc1nc(Cl)c(I)cc1C(F)F. The first-order chi connectivity index (χ1) is 6.06. The van der Waals surface area contributed by atoms with Gasteiger partial charge in [-0.05, 0) is 28.7 Å². The minimum Gasteiger partial charge on any atom is -0.325 e. The molecule has 1 aromatic rings. The molecule has 0 aliphatic carbocycles. The third kappa shape index (κ3) is 2.47. The van der Waals surface area contributed by atoms with Gasteiger partial charge in [0.05, 0.1) is 9.26 Å². The summed E-state index contributed by atoms with van der Waals surface area (Å²) in [6.07, 6.45) is -2.56. The number of nitrogens with two attached hydrogens (primary N) is 1. The smallest absolute Gasteiger partial charge is 0.265 e. The Labute approximate surface area is 92.6 Å². The molecule has 6 heteroatoms. The van der Waals surface area contributed by atoms with Gasteiger partial charge in [-0.25, -0.2) is 13.8 Å². The van der Waals surface area contributed by atoms with Crippen molar-refractivity contribution in [2.24, 2.45) is 5.73 Å². The molecule has 0 unspecified atom stereocenters. The van der Waals surface area contributed by atoms with Crippen LogP contribution >= 0.6 is 34.2 Å². The third-order valence-corrected chi connectivity index (χ3v) is 2.90. The molecule has 0 bridgehead atoms. The van der Waals surface area contributed by atoms with Crippen molar-refractivity contribution in [2.75, 3.05) is 0 Å². The number of nitrogens with zero attached hydrogens (tertiary/aromatic N) is 1. The highest BCUT2D eigenvalue weighted by molar-refractivity contribution is 14.1. The monoisotopic (exact) mass is 318 g/mol. The van der Waals surface area contributed by atoms with Gasteiger partial charge in [-0.3, -0.25) is 0 Å². The van der Waals surface area contributed by atoms with Gasteiger partial charge in [-0.1, -0.05) is 11.6 Å². The zero-order valence-corrected chi connectivity index (χ0v) is 9.31. The van der Waals surface area contributed by atoms with Gasteiger partial charge in [0.15, 0.2) is 0 Å².